The van der Waals surface area contributed by atoms with E-state index >= 15 is 0 Å². The molecule has 1 unspecified atom stereocenters. The fraction of sp³-hybridized carbons (Fsp3) is 0.333. The van der Waals surface area contributed by atoms with Gasteiger partial charge in [-0.05, 0) is 42.5 Å². The molecule has 0 radical (unpaired) electrons. The summed E-state index contributed by atoms with van der Waals surface area (Å²) < 4.78 is 4.08. The molecule has 2 heterocycles. The van der Waals surface area contributed by atoms with Gasteiger partial charge in [-0.2, -0.15) is 0 Å². The van der Waals surface area contributed by atoms with Crippen molar-refractivity contribution in [2.45, 2.75) is 43.9 Å². The summed E-state index contributed by atoms with van der Waals surface area (Å²) in [5, 5.41) is 21.7. The lowest BCUT2D eigenvalue weighted by Crippen LogP contribution is -2.45. The molecule has 0 amide bonds. The normalized spacial score (nSPS) is 18.3. The van der Waals surface area contributed by atoms with Crippen LogP contribution in [0.5, 0.6) is 0 Å². The van der Waals surface area contributed by atoms with Gasteiger partial charge < -0.3 is 9.67 Å². The van der Waals surface area contributed by atoms with Crippen molar-refractivity contribution in [2.24, 2.45) is 0 Å². The summed E-state index contributed by atoms with van der Waals surface area (Å²) in [6.45, 7) is 0. The molecule has 1 N–H and O–H groups in total. The van der Waals surface area contributed by atoms with Gasteiger partial charge in [0.25, 0.3) is 0 Å². The molecule has 132 valence electrons. The van der Waals surface area contributed by atoms with Crippen molar-refractivity contribution in [1.29, 1.82) is 0 Å². The zero-order chi connectivity index (χ0) is 17.6. The average Bonchev–Trinajstić information content (AvgIpc) is 3.28. The lowest BCUT2D eigenvalue weighted by Gasteiger charge is -2.40. The molecule has 1 atom stereocenters. The maximum absolute atomic E-state index is 11.7. The topological polar surface area (TPSA) is 55.9 Å². The Morgan fingerprint density at radius 2 is 1.62 bits per heavy atom. The van der Waals surface area contributed by atoms with Crippen molar-refractivity contribution in [3.63, 3.8) is 0 Å². The zero-order valence-corrected chi connectivity index (χ0v) is 14.6. The number of nitrogens with zero attached hydrogens (tertiary/aromatic N) is 4. The van der Waals surface area contributed by atoms with Gasteiger partial charge in [-0.3, -0.25) is 0 Å². The Balaban J connectivity index is 1.76. The van der Waals surface area contributed by atoms with Crippen LogP contribution in [0, 0.1) is 0 Å². The van der Waals surface area contributed by atoms with Crippen molar-refractivity contribution >= 4 is 21.9 Å². The highest BCUT2D eigenvalue weighted by atomic mass is 16.3. The van der Waals surface area contributed by atoms with Gasteiger partial charge in [-0.25, -0.2) is 4.68 Å². The third kappa shape index (κ3) is 2.35. The van der Waals surface area contributed by atoms with E-state index in [1.807, 2.05) is 41.1 Å². The molecular weight excluding hydrogens is 324 g/mol. The number of hydrogen-bond donors (Lipinski definition) is 1. The summed E-state index contributed by atoms with van der Waals surface area (Å²) in [5.41, 5.74) is 2.08. The Labute approximate surface area is 151 Å². The molecule has 26 heavy (non-hydrogen) atoms. The maximum atomic E-state index is 11.7. The summed E-state index contributed by atoms with van der Waals surface area (Å²) in [6.07, 6.45) is 6.57. The molecule has 0 saturated heterocycles. The SMILES string of the molecule is OC1(C(n2ccc3ccccc32)n2nnc3ccccc32)CCCCC1. The molecule has 1 aliphatic rings. The van der Waals surface area contributed by atoms with Crippen LogP contribution in [0.4, 0.5) is 0 Å². The monoisotopic (exact) mass is 346 g/mol. The molecule has 5 heteroatoms. The Morgan fingerprint density at radius 1 is 0.885 bits per heavy atom. The fourth-order valence-corrected chi connectivity index (χ4v) is 4.41. The molecule has 4 aromatic rings. The highest BCUT2D eigenvalue weighted by molar-refractivity contribution is 5.80. The first-order valence-corrected chi connectivity index (χ1v) is 9.34. The highest BCUT2D eigenvalue weighted by Crippen LogP contribution is 2.40. The van der Waals surface area contributed by atoms with Gasteiger partial charge >= 0.3 is 0 Å². The minimum atomic E-state index is -0.837. The first-order chi connectivity index (χ1) is 12.8. The summed E-state index contributed by atoms with van der Waals surface area (Å²) in [6, 6.07) is 18.4. The summed E-state index contributed by atoms with van der Waals surface area (Å²) in [7, 11) is 0. The molecule has 1 fully saturated rings. The van der Waals surface area contributed by atoms with Gasteiger partial charge in [0.1, 0.15) is 11.1 Å². The molecule has 1 saturated carbocycles. The van der Waals surface area contributed by atoms with E-state index in [9.17, 15) is 5.11 Å². The molecule has 2 aromatic carbocycles. The number of aliphatic hydroxyl groups is 1. The van der Waals surface area contributed by atoms with Gasteiger partial charge in [-0.15, -0.1) is 5.10 Å². The second-order valence-corrected chi connectivity index (χ2v) is 7.34. The largest absolute Gasteiger partial charge is 0.386 e. The first kappa shape index (κ1) is 15.6. The predicted octanol–water partition coefficient (Wildman–Crippen LogP) is 4.13. The third-order valence-corrected chi connectivity index (χ3v) is 5.70. The van der Waals surface area contributed by atoms with E-state index in [1.165, 1.54) is 11.8 Å². The Morgan fingerprint density at radius 3 is 2.46 bits per heavy atom. The van der Waals surface area contributed by atoms with E-state index in [0.29, 0.717) is 0 Å². The van der Waals surface area contributed by atoms with Crippen molar-refractivity contribution in [1.82, 2.24) is 19.6 Å². The maximum Gasteiger partial charge on any atom is 0.158 e. The molecule has 0 aliphatic heterocycles. The number of fused-ring (bicyclic) bond motifs is 2. The van der Waals surface area contributed by atoms with E-state index in [4.69, 9.17) is 0 Å². The molecule has 0 spiro atoms. The van der Waals surface area contributed by atoms with Crippen LogP contribution in [-0.4, -0.2) is 30.3 Å². The summed E-state index contributed by atoms with van der Waals surface area (Å²) >= 11 is 0. The van der Waals surface area contributed by atoms with E-state index < -0.39 is 5.60 Å². The van der Waals surface area contributed by atoms with E-state index in [2.05, 4.69) is 39.3 Å². The number of rotatable bonds is 3. The average molecular weight is 346 g/mol. The number of hydrogen-bond acceptors (Lipinski definition) is 3. The standard InChI is InChI=1S/C21H22N4O/c26-21(13-6-1-7-14-21)20(24-15-12-16-8-2-4-10-18(16)24)25-19-11-5-3-9-17(19)22-23-25/h2-5,8-12,15,20,26H,1,6-7,13-14H2. The minimum absolute atomic E-state index is 0.310. The fourth-order valence-electron chi connectivity index (χ4n) is 4.41. The van der Waals surface area contributed by atoms with Gasteiger partial charge in [-0.1, -0.05) is 54.8 Å². The van der Waals surface area contributed by atoms with Crippen molar-refractivity contribution in [3.05, 3.63) is 60.8 Å². The molecule has 2 aromatic heterocycles. The Kier molecular flexibility index (Phi) is 3.57. The van der Waals surface area contributed by atoms with Crippen LogP contribution < -0.4 is 0 Å². The highest BCUT2D eigenvalue weighted by Gasteiger charge is 2.42. The van der Waals surface area contributed by atoms with Crippen molar-refractivity contribution in [2.75, 3.05) is 0 Å². The van der Waals surface area contributed by atoms with Crippen molar-refractivity contribution in [3.8, 4) is 0 Å². The van der Waals surface area contributed by atoms with Gasteiger partial charge in [0.05, 0.1) is 5.52 Å². The van der Waals surface area contributed by atoms with Crippen LogP contribution in [0.2, 0.25) is 0 Å². The number of para-hydroxylation sites is 2. The quantitative estimate of drug-likeness (QED) is 0.607. The number of benzene rings is 2. The molecule has 5 rings (SSSR count). The predicted molar refractivity (Wildman–Crippen MR) is 102 cm³/mol. The van der Waals surface area contributed by atoms with Gasteiger partial charge in [0.2, 0.25) is 0 Å². The molecule has 0 bridgehead atoms. The van der Waals surface area contributed by atoms with E-state index in [-0.39, 0.29) is 6.17 Å². The van der Waals surface area contributed by atoms with Crippen LogP contribution >= 0.6 is 0 Å². The lowest BCUT2D eigenvalue weighted by molar-refractivity contribution is -0.0549. The second kappa shape index (κ2) is 5.95. The van der Waals surface area contributed by atoms with E-state index in [0.717, 1.165) is 42.2 Å². The van der Waals surface area contributed by atoms with Gasteiger partial charge in [0.15, 0.2) is 6.17 Å². The van der Waals surface area contributed by atoms with Crippen LogP contribution in [0.15, 0.2) is 60.8 Å². The van der Waals surface area contributed by atoms with Gasteiger partial charge in [0, 0.05) is 11.7 Å². The van der Waals surface area contributed by atoms with Crippen LogP contribution in [-0.2, 0) is 0 Å². The molecule has 5 nitrogen and oxygen atoms in total. The third-order valence-electron chi connectivity index (χ3n) is 5.70. The summed E-state index contributed by atoms with van der Waals surface area (Å²) in [4.78, 5) is 0. The second-order valence-electron chi connectivity index (χ2n) is 7.34. The Hall–Kier alpha value is -2.66. The number of aromatic nitrogens is 4. The minimum Gasteiger partial charge on any atom is -0.386 e. The molecule has 1 aliphatic carbocycles. The molecular formula is C21H22N4O. The van der Waals surface area contributed by atoms with E-state index in [1.54, 1.807) is 0 Å². The van der Waals surface area contributed by atoms with Crippen LogP contribution in [0.1, 0.15) is 38.3 Å². The van der Waals surface area contributed by atoms with Crippen molar-refractivity contribution < 1.29 is 5.11 Å². The first-order valence-electron chi connectivity index (χ1n) is 9.34. The smallest absolute Gasteiger partial charge is 0.158 e. The van der Waals surface area contributed by atoms with Crippen LogP contribution in [0.25, 0.3) is 21.9 Å². The lowest BCUT2D eigenvalue weighted by atomic mass is 9.82. The van der Waals surface area contributed by atoms with Crippen LogP contribution in [0.3, 0.4) is 0 Å². The Bertz CT molecular complexity index is 984. The summed E-state index contributed by atoms with van der Waals surface area (Å²) in [5.74, 6) is 0. The zero-order valence-electron chi connectivity index (χ0n) is 14.6.